The molecule has 2 heterocycles. The van der Waals surface area contributed by atoms with Gasteiger partial charge in [0.25, 0.3) is 5.56 Å². The van der Waals surface area contributed by atoms with Gasteiger partial charge in [0.1, 0.15) is 0 Å². The topological polar surface area (TPSA) is 68.4 Å². The molecule has 31 heavy (non-hydrogen) atoms. The fourth-order valence-electron chi connectivity index (χ4n) is 5.26. The van der Waals surface area contributed by atoms with E-state index in [2.05, 4.69) is 22.1 Å². The van der Waals surface area contributed by atoms with Crippen LogP contribution in [-0.2, 0) is 6.54 Å². The molecule has 2 amide bonds. The smallest absolute Gasteiger partial charge is 0.317 e. The third-order valence-electron chi connectivity index (χ3n) is 7.08. The molecular formula is C25H36N4O2. The summed E-state index contributed by atoms with van der Waals surface area (Å²) in [7, 11) is 0. The lowest BCUT2D eigenvalue weighted by atomic mass is 9.96. The predicted octanol–water partition coefficient (Wildman–Crippen LogP) is 4.17. The number of benzene rings is 1. The number of nitrogens with zero attached hydrogens (tertiary/aromatic N) is 2. The van der Waals surface area contributed by atoms with E-state index in [9.17, 15) is 9.59 Å². The number of H-pyrrole nitrogens is 1. The van der Waals surface area contributed by atoms with Crippen molar-refractivity contribution in [3.8, 4) is 0 Å². The molecule has 2 fully saturated rings. The number of aromatic amines is 1. The van der Waals surface area contributed by atoms with Crippen LogP contribution in [0.25, 0.3) is 10.9 Å². The summed E-state index contributed by atoms with van der Waals surface area (Å²) in [5.41, 5.74) is 2.48. The van der Waals surface area contributed by atoms with E-state index in [1.165, 1.54) is 25.7 Å². The van der Waals surface area contributed by atoms with Crippen LogP contribution in [0, 0.1) is 6.92 Å². The number of hydrogen-bond donors (Lipinski definition) is 2. The van der Waals surface area contributed by atoms with Crippen molar-refractivity contribution in [3.63, 3.8) is 0 Å². The Morgan fingerprint density at radius 1 is 1.19 bits per heavy atom. The lowest BCUT2D eigenvalue weighted by molar-refractivity contribution is 0.159. The summed E-state index contributed by atoms with van der Waals surface area (Å²) in [6.45, 7) is 7.28. The van der Waals surface area contributed by atoms with Crippen molar-refractivity contribution in [2.75, 3.05) is 19.6 Å². The molecule has 1 atom stereocenters. The molecule has 0 spiro atoms. The summed E-state index contributed by atoms with van der Waals surface area (Å²) in [4.78, 5) is 33.5. The number of carbonyl (C=O) groups is 1. The number of pyridine rings is 1. The van der Waals surface area contributed by atoms with Crippen LogP contribution in [0.5, 0.6) is 0 Å². The molecule has 2 aliphatic rings. The normalized spacial score (nSPS) is 20.3. The van der Waals surface area contributed by atoms with Gasteiger partial charge in [0, 0.05) is 24.2 Å². The van der Waals surface area contributed by atoms with Gasteiger partial charge in [-0.2, -0.15) is 0 Å². The van der Waals surface area contributed by atoms with E-state index in [0.717, 1.165) is 48.8 Å². The number of rotatable bonds is 6. The zero-order valence-electron chi connectivity index (χ0n) is 19.0. The molecule has 0 unspecified atom stereocenters. The van der Waals surface area contributed by atoms with Gasteiger partial charge in [-0.1, -0.05) is 44.4 Å². The van der Waals surface area contributed by atoms with E-state index in [1.807, 2.05) is 36.1 Å². The molecule has 1 aromatic heterocycles. The Kier molecular flexibility index (Phi) is 6.96. The maximum absolute atomic E-state index is 13.3. The van der Waals surface area contributed by atoms with Crippen molar-refractivity contribution in [1.29, 1.82) is 0 Å². The lowest BCUT2D eigenvalue weighted by Crippen LogP contribution is -2.50. The van der Waals surface area contributed by atoms with Crippen LogP contribution in [0.4, 0.5) is 4.79 Å². The van der Waals surface area contributed by atoms with Crippen LogP contribution in [-0.4, -0.2) is 52.5 Å². The second kappa shape index (κ2) is 9.86. The minimum absolute atomic E-state index is 0.0291. The molecule has 2 N–H and O–H groups in total. The first-order valence-electron chi connectivity index (χ1n) is 12.0. The summed E-state index contributed by atoms with van der Waals surface area (Å²) >= 11 is 0. The average Bonchev–Trinajstić information content (AvgIpc) is 3.22. The van der Waals surface area contributed by atoms with Crippen LogP contribution < -0.4 is 10.9 Å². The zero-order chi connectivity index (χ0) is 21.8. The molecule has 1 aliphatic heterocycles. The summed E-state index contributed by atoms with van der Waals surface area (Å²) in [5, 5.41) is 4.28. The van der Waals surface area contributed by atoms with Gasteiger partial charge in [0.05, 0.1) is 12.1 Å². The third kappa shape index (κ3) is 5.12. The molecule has 6 heteroatoms. The summed E-state index contributed by atoms with van der Waals surface area (Å²) in [5.74, 6) is 0. The fourth-order valence-corrected chi connectivity index (χ4v) is 5.26. The molecule has 0 radical (unpaired) electrons. The number of amides is 2. The maximum atomic E-state index is 13.3. The SMILES string of the molecule is CCN1CCC[C@H]1CN(Cc1cc2cccc(C)c2[nH]c1=O)C(=O)NC1CCCCC1. The minimum atomic E-state index is -0.101. The Hall–Kier alpha value is -2.34. The first kappa shape index (κ1) is 21.9. The van der Waals surface area contributed by atoms with E-state index in [4.69, 9.17) is 0 Å². The van der Waals surface area contributed by atoms with Crippen LogP contribution in [0.15, 0.2) is 29.1 Å². The summed E-state index contributed by atoms with van der Waals surface area (Å²) < 4.78 is 0. The van der Waals surface area contributed by atoms with Gasteiger partial charge in [-0.15, -0.1) is 0 Å². The van der Waals surface area contributed by atoms with E-state index >= 15 is 0 Å². The highest BCUT2D eigenvalue weighted by molar-refractivity contribution is 5.82. The Bertz CT molecular complexity index is 964. The quantitative estimate of drug-likeness (QED) is 0.731. The van der Waals surface area contributed by atoms with Crippen molar-refractivity contribution in [2.24, 2.45) is 0 Å². The second-order valence-electron chi connectivity index (χ2n) is 9.25. The van der Waals surface area contributed by atoms with Gasteiger partial charge in [0.15, 0.2) is 0 Å². The average molecular weight is 425 g/mol. The van der Waals surface area contributed by atoms with Crippen LogP contribution in [0.3, 0.4) is 0 Å². The number of urea groups is 1. The monoisotopic (exact) mass is 424 g/mol. The number of nitrogens with one attached hydrogen (secondary N) is 2. The van der Waals surface area contributed by atoms with Gasteiger partial charge in [-0.3, -0.25) is 9.69 Å². The molecule has 1 saturated carbocycles. The van der Waals surface area contributed by atoms with Gasteiger partial charge in [-0.05, 0) is 62.7 Å². The van der Waals surface area contributed by atoms with Crippen molar-refractivity contribution in [3.05, 3.63) is 45.7 Å². The maximum Gasteiger partial charge on any atom is 0.317 e. The van der Waals surface area contributed by atoms with Gasteiger partial charge in [0.2, 0.25) is 0 Å². The van der Waals surface area contributed by atoms with Crippen molar-refractivity contribution in [2.45, 2.75) is 77.4 Å². The van der Waals surface area contributed by atoms with Gasteiger partial charge < -0.3 is 15.2 Å². The van der Waals surface area contributed by atoms with Gasteiger partial charge in [-0.25, -0.2) is 4.79 Å². The Labute approximate surface area is 185 Å². The largest absolute Gasteiger partial charge is 0.335 e. The van der Waals surface area contributed by atoms with Gasteiger partial charge >= 0.3 is 6.03 Å². The number of fused-ring (bicyclic) bond motifs is 1. The van der Waals surface area contributed by atoms with E-state index < -0.39 is 0 Å². The summed E-state index contributed by atoms with van der Waals surface area (Å²) in [6, 6.07) is 8.57. The fraction of sp³-hybridized carbons (Fsp3) is 0.600. The number of aromatic nitrogens is 1. The van der Waals surface area contributed by atoms with Crippen molar-refractivity contribution in [1.82, 2.24) is 20.1 Å². The highest BCUT2D eigenvalue weighted by Crippen LogP contribution is 2.21. The highest BCUT2D eigenvalue weighted by atomic mass is 16.2. The number of para-hydroxylation sites is 1. The van der Waals surface area contributed by atoms with E-state index in [0.29, 0.717) is 24.7 Å². The second-order valence-corrected chi connectivity index (χ2v) is 9.25. The van der Waals surface area contributed by atoms with Crippen LogP contribution >= 0.6 is 0 Å². The lowest BCUT2D eigenvalue weighted by Gasteiger charge is -2.32. The minimum Gasteiger partial charge on any atom is -0.335 e. The highest BCUT2D eigenvalue weighted by Gasteiger charge is 2.29. The van der Waals surface area contributed by atoms with Crippen LogP contribution in [0.1, 0.15) is 63.0 Å². The molecular weight excluding hydrogens is 388 g/mol. The molecule has 1 aromatic carbocycles. The Balaban J connectivity index is 1.57. The number of hydrogen-bond acceptors (Lipinski definition) is 3. The number of carbonyl (C=O) groups excluding carboxylic acids is 1. The van der Waals surface area contributed by atoms with Crippen LogP contribution in [0.2, 0.25) is 0 Å². The number of likely N-dealkylation sites (N-methyl/N-ethyl adjacent to an activating group) is 1. The van der Waals surface area contributed by atoms with Crippen molar-refractivity contribution >= 4 is 16.9 Å². The first-order chi connectivity index (χ1) is 15.0. The molecule has 0 bridgehead atoms. The standard InChI is InChI=1S/C25H36N4O2/c1-3-28-14-8-13-22(28)17-29(25(31)26-21-11-5-4-6-12-21)16-20-15-19-10-7-9-18(2)23(19)27-24(20)30/h7,9-10,15,21-22H,3-6,8,11-14,16-17H2,1-2H3,(H,26,31)(H,27,30)/t22-/m0/s1. The number of aryl methyl sites for hydroxylation is 1. The predicted molar refractivity (Wildman–Crippen MR) is 125 cm³/mol. The summed E-state index contributed by atoms with van der Waals surface area (Å²) in [6.07, 6.45) is 8.01. The zero-order valence-corrected chi connectivity index (χ0v) is 19.0. The molecule has 4 rings (SSSR count). The molecule has 2 aromatic rings. The third-order valence-corrected chi connectivity index (χ3v) is 7.08. The first-order valence-corrected chi connectivity index (χ1v) is 12.0. The molecule has 168 valence electrons. The number of likely N-dealkylation sites (tertiary alicyclic amines) is 1. The van der Waals surface area contributed by atoms with E-state index in [1.54, 1.807) is 0 Å². The Morgan fingerprint density at radius 2 is 2.00 bits per heavy atom. The molecule has 6 nitrogen and oxygen atoms in total. The molecule has 1 saturated heterocycles. The van der Waals surface area contributed by atoms with E-state index in [-0.39, 0.29) is 17.6 Å². The van der Waals surface area contributed by atoms with Crippen molar-refractivity contribution < 1.29 is 4.79 Å². The molecule has 1 aliphatic carbocycles. The Morgan fingerprint density at radius 3 is 2.77 bits per heavy atom.